The van der Waals surface area contributed by atoms with E-state index in [0.717, 1.165) is 23.0 Å². The summed E-state index contributed by atoms with van der Waals surface area (Å²) < 4.78 is 0. The predicted molar refractivity (Wildman–Crippen MR) is 111 cm³/mol. The van der Waals surface area contributed by atoms with E-state index in [1.165, 1.54) is 0 Å². The maximum absolute atomic E-state index is 12.9. The first kappa shape index (κ1) is 18.1. The van der Waals surface area contributed by atoms with Crippen LogP contribution in [0, 0.1) is 0 Å². The molecule has 5 nitrogen and oxygen atoms in total. The van der Waals surface area contributed by atoms with Gasteiger partial charge in [0, 0.05) is 23.0 Å². The van der Waals surface area contributed by atoms with Gasteiger partial charge in [-0.15, -0.1) is 11.6 Å². The fraction of sp³-hybridized carbons (Fsp3) is 0.105. The molecule has 1 N–H and O–H groups in total. The number of amidine groups is 1. The number of alkyl halides is 1. The maximum Gasteiger partial charge on any atom is 0.264 e. The van der Waals surface area contributed by atoms with Crippen LogP contribution >= 0.6 is 35.0 Å². The predicted octanol–water partition coefficient (Wildman–Crippen LogP) is 4.19. The second-order valence-corrected chi connectivity index (χ2v) is 7.63. The van der Waals surface area contributed by atoms with Gasteiger partial charge in [-0.1, -0.05) is 29.8 Å². The van der Waals surface area contributed by atoms with Crippen LogP contribution in [-0.2, 0) is 9.59 Å². The lowest BCUT2D eigenvalue weighted by Gasteiger charge is -2.14. The van der Waals surface area contributed by atoms with Crippen molar-refractivity contribution in [3.63, 3.8) is 0 Å². The summed E-state index contributed by atoms with van der Waals surface area (Å²) in [6.07, 6.45) is 0. The van der Waals surface area contributed by atoms with E-state index >= 15 is 0 Å². The van der Waals surface area contributed by atoms with Gasteiger partial charge in [-0.3, -0.25) is 9.59 Å². The average Bonchev–Trinajstić information content (AvgIpc) is 3.15. The second kappa shape index (κ2) is 7.38. The molecule has 136 valence electrons. The monoisotopic (exact) mass is 417 g/mol. The SMILES string of the molecule is O=C1NC(=Nc2ccc(Cl)cc2)S/C1=C1\C(=O)N(CCCl)c2ccccc21. The molecule has 0 spiro atoms. The quantitative estimate of drug-likeness (QED) is 0.601. The van der Waals surface area contributed by atoms with Crippen molar-refractivity contribution < 1.29 is 9.59 Å². The van der Waals surface area contributed by atoms with Crippen LogP contribution in [0.1, 0.15) is 5.56 Å². The Hall–Kier alpha value is -2.28. The number of fused-ring (bicyclic) bond motifs is 1. The van der Waals surface area contributed by atoms with Crippen LogP contribution in [0.3, 0.4) is 0 Å². The minimum absolute atomic E-state index is 0.220. The van der Waals surface area contributed by atoms with E-state index in [0.29, 0.717) is 38.8 Å². The Bertz CT molecular complexity index is 1000. The van der Waals surface area contributed by atoms with E-state index in [-0.39, 0.29) is 11.8 Å². The Morgan fingerprint density at radius 2 is 1.81 bits per heavy atom. The Morgan fingerprint density at radius 3 is 2.56 bits per heavy atom. The highest BCUT2D eigenvalue weighted by Crippen LogP contribution is 2.42. The van der Waals surface area contributed by atoms with Gasteiger partial charge in [0.25, 0.3) is 11.8 Å². The summed E-state index contributed by atoms with van der Waals surface area (Å²) in [6, 6.07) is 14.4. The number of anilines is 1. The zero-order valence-corrected chi connectivity index (χ0v) is 16.2. The molecule has 0 saturated carbocycles. The van der Waals surface area contributed by atoms with Gasteiger partial charge in [0.05, 0.1) is 21.9 Å². The molecule has 0 aliphatic carbocycles. The molecule has 2 amide bonds. The molecule has 0 bridgehead atoms. The van der Waals surface area contributed by atoms with E-state index in [9.17, 15) is 9.59 Å². The number of nitrogens with zero attached hydrogens (tertiary/aromatic N) is 2. The zero-order chi connectivity index (χ0) is 19.0. The van der Waals surface area contributed by atoms with Crippen LogP contribution in [0.2, 0.25) is 5.02 Å². The molecule has 2 aromatic carbocycles. The topological polar surface area (TPSA) is 61.8 Å². The lowest BCUT2D eigenvalue weighted by Crippen LogP contribution is -2.29. The van der Waals surface area contributed by atoms with E-state index in [1.54, 1.807) is 29.2 Å². The molecule has 4 rings (SSSR count). The van der Waals surface area contributed by atoms with Gasteiger partial charge in [0.1, 0.15) is 0 Å². The van der Waals surface area contributed by atoms with Crippen molar-refractivity contribution in [3.05, 3.63) is 64.0 Å². The third-order valence-electron chi connectivity index (χ3n) is 4.14. The number of carbonyl (C=O) groups excluding carboxylic acids is 2. The van der Waals surface area contributed by atoms with Gasteiger partial charge in [-0.05, 0) is 42.1 Å². The van der Waals surface area contributed by atoms with Crippen LogP contribution in [0.25, 0.3) is 5.57 Å². The van der Waals surface area contributed by atoms with Crippen LogP contribution in [0.15, 0.2) is 58.4 Å². The Balaban J connectivity index is 1.74. The summed E-state index contributed by atoms with van der Waals surface area (Å²) >= 11 is 12.9. The number of hydrogen-bond donors (Lipinski definition) is 1. The first-order chi connectivity index (χ1) is 13.1. The smallest absolute Gasteiger partial charge is 0.264 e. The molecule has 27 heavy (non-hydrogen) atoms. The molecule has 2 aliphatic rings. The molecule has 2 heterocycles. The normalized spacial score (nSPS) is 20.4. The minimum Gasteiger partial charge on any atom is -0.306 e. The van der Waals surface area contributed by atoms with Gasteiger partial charge in [-0.2, -0.15) is 0 Å². The molecule has 0 radical (unpaired) electrons. The van der Waals surface area contributed by atoms with E-state index in [4.69, 9.17) is 23.2 Å². The maximum atomic E-state index is 12.9. The highest BCUT2D eigenvalue weighted by atomic mass is 35.5. The van der Waals surface area contributed by atoms with Crippen molar-refractivity contribution in [2.75, 3.05) is 17.3 Å². The van der Waals surface area contributed by atoms with Crippen LogP contribution in [0.5, 0.6) is 0 Å². The van der Waals surface area contributed by atoms with Crippen molar-refractivity contribution in [2.45, 2.75) is 0 Å². The fourth-order valence-corrected chi connectivity index (χ4v) is 4.20. The summed E-state index contributed by atoms with van der Waals surface area (Å²) in [6.45, 7) is 0.381. The molecule has 8 heteroatoms. The summed E-state index contributed by atoms with van der Waals surface area (Å²) in [5.41, 5.74) is 2.55. The summed E-state index contributed by atoms with van der Waals surface area (Å²) in [5, 5.41) is 3.76. The van der Waals surface area contributed by atoms with E-state index < -0.39 is 0 Å². The van der Waals surface area contributed by atoms with Gasteiger partial charge >= 0.3 is 0 Å². The lowest BCUT2D eigenvalue weighted by atomic mass is 10.1. The molecule has 0 unspecified atom stereocenters. The van der Waals surface area contributed by atoms with E-state index in [1.807, 2.05) is 24.3 Å². The van der Waals surface area contributed by atoms with Gasteiger partial charge in [-0.25, -0.2) is 4.99 Å². The van der Waals surface area contributed by atoms with Crippen LogP contribution in [0.4, 0.5) is 11.4 Å². The third kappa shape index (κ3) is 3.36. The summed E-state index contributed by atoms with van der Waals surface area (Å²) in [7, 11) is 0. The molecular weight excluding hydrogens is 405 g/mol. The average molecular weight is 418 g/mol. The van der Waals surface area contributed by atoms with Crippen LogP contribution in [-0.4, -0.2) is 29.4 Å². The van der Waals surface area contributed by atoms with Crippen molar-refractivity contribution in [2.24, 2.45) is 4.99 Å². The fourth-order valence-electron chi connectivity index (χ4n) is 2.98. The number of thioether (sulfide) groups is 1. The number of rotatable bonds is 3. The molecule has 1 saturated heterocycles. The molecule has 2 aliphatic heterocycles. The number of hydrogen-bond acceptors (Lipinski definition) is 4. The number of amides is 2. The third-order valence-corrected chi connectivity index (χ3v) is 5.54. The van der Waals surface area contributed by atoms with Crippen molar-refractivity contribution in [3.8, 4) is 0 Å². The minimum atomic E-state index is -0.335. The van der Waals surface area contributed by atoms with E-state index in [2.05, 4.69) is 10.3 Å². The number of halogens is 2. The molecule has 2 aromatic rings. The van der Waals surface area contributed by atoms with Gasteiger partial charge in [0.15, 0.2) is 5.17 Å². The molecular formula is C19H13Cl2N3O2S. The van der Waals surface area contributed by atoms with Crippen molar-refractivity contribution in [1.82, 2.24) is 5.32 Å². The van der Waals surface area contributed by atoms with Gasteiger partial charge in [0.2, 0.25) is 0 Å². The standard InChI is InChI=1S/C19H13Cl2N3O2S/c20-9-10-24-14-4-2-1-3-13(14)15(18(24)26)16-17(25)23-19(27-16)22-12-7-5-11(21)6-8-12/h1-8H,9-10H2,(H,22,23,25)/b16-15-. The number of carbonyl (C=O) groups is 2. The van der Waals surface area contributed by atoms with Crippen molar-refractivity contribution >= 4 is 68.9 Å². The largest absolute Gasteiger partial charge is 0.306 e. The Kier molecular flexibility index (Phi) is 4.95. The van der Waals surface area contributed by atoms with Crippen molar-refractivity contribution in [1.29, 1.82) is 0 Å². The zero-order valence-electron chi connectivity index (χ0n) is 13.9. The second-order valence-electron chi connectivity index (χ2n) is 5.82. The molecule has 0 aromatic heterocycles. The Morgan fingerprint density at radius 1 is 1.07 bits per heavy atom. The highest BCUT2D eigenvalue weighted by molar-refractivity contribution is 8.18. The first-order valence-corrected chi connectivity index (χ1v) is 9.86. The number of benzene rings is 2. The summed E-state index contributed by atoms with van der Waals surface area (Å²) in [4.78, 5) is 31.9. The number of para-hydroxylation sites is 1. The Labute approximate surface area is 170 Å². The van der Waals surface area contributed by atoms with Crippen LogP contribution < -0.4 is 10.2 Å². The number of aliphatic imine (C=N–C) groups is 1. The number of nitrogens with one attached hydrogen (secondary N) is 1. The molecule has 1 fully saturated rings. The summed E-state index contributed by atoms with van der Waals surface area (Å²) in [5.74, 6) is -0.244. The lowest BCUT2D eigenvalue weighted by molar-refractivity contribution is -0.116. The molecule has 0 atom stereocenters. The first-order valence-electron chi connectivity index (χ1n) is 8.13. The van der Waals surface area contributed by atoms with Gasteiger partial charge < -0.3 is 10.2 Å². The highest BCUT2D eigenvalue weighted by Gasteiger charge is 2.38.